The normalized spacial score (nSPS) is 25.7. The highest BCUT2D eigenvalue weighted by atomic mass is 35.5. The van der Waals surface area contributed by atoms with E-state index in [0.29, 0.717) is 5.02 Å². The van der Waals surface area contributed by atoms with Crippen LogP contribution < -0.4 is 4.90 Å². The maximum Gasteiger partial charge on any atom is 0.233 e. The number of amides is 1. The number of para-hydroxylation sites is 1. The Morgan fingerprint density at radius 2 is 1.96 bits per heavy atom. The summed E-state index contributed by atoms with van der Waals surface area (Å²) < 4.78 is 2.11. The summed E-state index contributed by atoms with van der Waals surface area (Å²) in [4.78, 5) is 14.8. The SMILES string of the molecule is Cc1ccc2c(cnn2CC23CC(C(=O)N(C)c4ccccc4Cl)(C2)C3)c1. The smallest absolute Gasteiger partial charge is 0.233 e. The number of hydrogen-bond donors (Lipinski definition) is 0. The van der Waals surface area contributed by atoms with Crippen LogP contribution in [0.25, 0.3) is 10.9 Å². The van der Waals surface area contributed by atoms with E-state index in [9.17, 15) is 4.79 Å². The minimum absolute atomic E-state index is 0.193. The summed E-state index contributed by atoms with van der Waals surface area (Å²) in [6.45, 7) is 2.99. The number of carbonyl (C=O) groups excluding carboxylic acids is 1. The minimum Gasteiger partial charge on any atom is -0.314 e. The van der Waals surface area contributed by atoms with Crippen LogP contribution in [0.2, 0.25) is 5.02 Å². The first-order chi connectivity index (χ1) is 12.9. The number of nitrogens with zero attached hydrogens (tertiary/aromatic N) is 3. The third kappa shape index (κ3) is 2.43. The van der Waals surface area contributed by atoms with Gasteiger partial charge in [0, 0.05) is 19.0 Å². The van der Waals surface area contributed by atoms with Crippen molar-refractivity contribution in [3.63, 3.8) is 0 Å². The molecule has 6 rings (SSSR count). The Balaban J connectivity index is 1.31. The number of fused-ring (bicyclic) bond motifs is 1. The number of aryl methyl sites for hydroxylation is 1. The lowest BCUT2D eigenvalue weighted by Crippen LogP contribution is -2.69. The molecule has 0 unspecified atom stereocenters. The zero-order valence-corrected chi connectivity index (χ0v) is 16.3. The molecule has 3 saturated carbocycles. The number of rotatable bonds is 4. The van der Waals surface area contributed by atoms with Crippen molar-refractivity contribution in [3.05, 3.63) is 59.2 Å². The first-order valence-corrected chi connectivity index (χ1v) is 9.74. The van der Waals surface area contributed by atoms with Crippen LogP contribution >= 0.6 is 11.6 Å². The summed E-state index contributed by atoms with van der Waals surface area (Å²) in [5.41, 5.74) is 3.24. The summed E-state index contributed by atoms with van der Waals surface area (Å²) in [6.07, 6.45) is 4.78. The Morgan fingerprint density at radius 3 is 2.70 bits per heavy atom. The molecule has 0 aliphatic heterocycles. The molecule has 3 aromatic rings. The summed E-state index contributed by atoms with van der Waals surface area (Å²) in [5, 5.41) is 6.40. The molecule has 27 heavy (non-hydrogen) atoms. The van der Waals surface area contributed by atoms with E-state index in [1.54, 1.807) is 4.90 Å². The monoisotopic (exact) mass is 379 g/mol. The van der Waals surface area contributed by atoms with E-state index in [1.807, 2.05) is 37.5 Å². The lowest BCUT2D eigenvalue weighted by molar-refractivity contribution is -0.210. The van der Waals surface area contributed by atoms with E-state index in [-0.39, 0.29) is 16.7 Å². The second-order valence-electron chi connectivity index (χ2n) is 8.49. The van der Waals surface area contributed by atoms with Crippen molar-refractivity contribution in [3.8, 4) is 0 Å². The molecule has 4 nitrogen and oxygen atoms in total. The molecule has 3 fully saturated rings. The number of halogens is 1. The molecular formula is C22H22ClN3O. The zero-order chi connectivity index (χ0) is 18.8. The van der Waals surface area contributed by atoms with E-state index in [2.05, 4.69) is 34.9 Å². The second-order valence-corrected chi connectivity index (χ2v) is 8.90. The van der Waals surface area contributed by atoms with Gasteiger partial charge >= 0.3 is 0 Å². The van der Waals surface area contributed by atoms with Crippen LogP contribution in [0, 0.1) is 17.8 Å². The van der Waals surface area contributed by atoms with Crippen LogP contribution in [-0.4, -0.2) is 22.7 Å². The maximum atomic E-state index is 13.1. The van der Waals surface area contributed by atoms with Crippen LogP contribution in [0.5, 0.6) is 0 Å². The Bertz CT molecular complexity index is 1050. The Morgan fingerprint density at radius 1 is 1.22 bits per heavy atom. The van der Waals surface area contributed by atoms with Gasteiger partial charge in [0.25, 0.3) is 0 Å². The van der Waals surface area contributed by atoms with E-state index in [0.717, 1.165) is 31.5 Å². The van der Waals surface area contributed by atoms with Gasteiger partial charge in [0.05, 0.1) is 27.8 Å². The summed E-state index contributed by atoms with van der Waals surface area (Å²) >= 11 is 6.27. The average Bonchev–Trinajstić information content (AvgIpc) is 2.97. The van der Waals surface area contributed by atoms with Gasteiger partial charge in [-0.3, -0.25) is 9.48 Å². The van der Waals surface area contributed by atoms with Crippen molar-refractivity contribution in [2.24, 2.45) is 10.8 Å². The highest BCUT2D eigenvalue weighted by Gasteiger charge is 2.71. The van der Waals surface area contributed by atoms with Gasteiger partial charge < -0.3 is 4.90 Å². The van der Waals surface area contributed by atoms with Crippen LogP contribution in [0.1, 0.15) is 24.8 Å². The standard InChI is InChI=1S/C22H22ClN3O/c1-15-7-8-18-16(9-15)10-24-26(18)14-21-11-22(12-21,13-21)20(27)25(2)19-6-4-3-5-17(19)23/h3-10H,11-14H2,1-2H3. The maximum absolute atomic E-state index is 13.1. The molecule has 0 saturated heterocycles. The first kappa shape index (κ1) is 16.8. The zero-order valence-electron chi connectivity index (χ0n) is 15.6. The Labute approximate surface area is 163 Å². The molecule has 0 radical (unpaired) electrons. The Kier molecular flexibility index (Phi) is 3.48. The molecule has 5 heteroatoms. The summed E-state index contributed by atoms with van der Waals surface area (Å²) in [6, 6.07) is 14.0. The molecule has 1 amide bonds. The topological polar surface area (TPSA) is 38.1 Å². The number of aromatic nitrogens is 2. The van der Waals surface area contributed by atoms with Crippen LogP contribution in [0.15, 0.2) is 48.7 Å². The molecule has 138 valence electrons. The molecule has 3 aliphatic carbocycles. The van der Waals surface area contributed by atoms with Gasteiger partial charge in [-0.2, -0.15) is 5.10 Å². The van der Waals surface area contributed by atoms with Crippen LogP contribution in [0.4, 0.5) is 5.69 Å². The quantitative estimate of drug-likeness (QED) is 0.651. The number of hydrogen-bond acceptors (Lipinski definition) is 2. The van der Waals surface area contributed by atoms with Crippen molar-refractivity contribution >= 4 is 34.1 Å². The molecular weight excluding hydrogens is 358 g/mol. The van der Waals surface area contributed by atoms with Crippen LogP contribution in [0.3, 0.4) is 0 Å². The average molecular weight is 380 g/mol. The molecule has 0 N–H and O–H groups in total. The predicted molar refractivity (Wildman–Crippen MR) is 108 cm³/mol. The first-order valence-electron chi connectivity index (χ1n) is 9.36. The van der Waals surface area contributed by atoms with Gasteiger partial charge in [0.1, 0.15) is 0 Å². The molecule has 3 aliphatic rings. The van der Waals surface area contributed by atoms with Crippen molar-refractivity contribution in [1.29, 1.82) is 0 Å². The molecule has 0 atom stereocenters. The highest BCUT2D eigenvalue weighted by Crippen LogP contribution is 2.74. The third-order valence-corrected chi connectivity index (χ3v) is 6.71. The second kappa shape index (κ2) is 5.59. The van der Waals surface area contributed by atoms with Crippen molar-refractivity contribution in [1.82, 2.24) is 9.78 Å². The van der Waals surface area contributed by atoms with E-state index < -0.39 is 0 Å². The van der Waals surface area contributed by atoms with Gasteiger partial charge in [-0.05, 0) is 55.9 Å². The number of carbonyl (C=O) groups is 1. The third-order valence-electron chi connectivity index (χ3n) is 6.39. The lowest BCUT2D eigenvalue weighted by atomic mass is 9.34. The van der Waals surface area contributed by atoms with Gasteiger partial charge in [-0.25, -0.2) is 0 Å². The predicted octanol–water partition coefficient (Wildman–Crippen LogP) is 4.83. The largest absolute Gasteiger partial charge is 0.314 e. The van der Waals surface area contributed by atoms with Crippen molar-refractivity contribution in [2.75, 3.05) is 11.9 Å². The number of anilines is 1. The summed E-state index contributed by atoms with van der Waals surface area (Å²) in [5.74, 6) is 0.193. The van der Waals surface area contributed by atoms with Crippen LogP contribution in [-0.2, 0) is 11.3 Å². The van der Waals surface area contributed by atoms with Gasteiger partial charge in [-0.15, -0.1) is 0 Å². The van der Waals surface area contributed by atoms with E-state index in [1.165, 1.54) is 16.5 Å². The fourth-order valence-corrected chi connectivity index (χ4v) is 5.49. The minimum atomic E-state index is -0.201. The van der Waals surface area contributed by atoms with Gasteiger partial charge in [-0.1, -0.05) is 35.4 Å². The summed E-state index contributed by atoms with van der Waals surface area (Å²) in [7, 11) is 1.83. The number of benzene rings is 2. The van der Waals surface area contributed by atoms with Crippen molar-refractivity contribution in [2.45, 2.75) is 32.7 Å². The Hall–Kier alpha value is -2.33. The lowest BCUT2D eigenvalue weighted by Gasteiger charge is -2.69. The molecule has 1 aromatic heterocycles. The fraction of sp³-hybridized carbons (Fsp3) is 0.364. The van der Waals surface area contributed by atoms with Gasteiger partial charge in [0.2, 0.25) is 5.91 Å². The van der Waals surface area contributed by atoms with E-state index in [4.69, 9.17) is 11.6 Å². The fourth-order valence-electron chi connectivity index (χ4n) is 5.23. The molecule has 1 heterocycles. The molecule has 2 aromatic carbocycles. The molecule has 2 bridgehead atoms. The highest BCUT2D eigenvalue weighted by molar-refractivity contribution is 6.33. The van der Waals surface area contributed by atoms with Gasteiger partial charge in [0.15, 0.2) is 0 Å². The molecule has 0 spiro atoms. The van der Waals surface area contributed by atoms with Crippen molar-refractivity contribution < 1.29 is 4.79 Å². The van der Waals surface area contributed by atoms with E-state index >= 15 is 0 Å².